The van der Waals surface area contributed by atoms with Crippen LogP contribution in [0.3, 0.4) is 0 Å². The minimum Gasteiger partial charge on any atom is -0.325 e. The van der Waals surface area contributed by atoms with Gasteiger partial charge in [-0.1, -0.05) is 0 Å². The zero-order valence-electron chi connectivity index (χ0n) is 15.9. The molecule has 28 heavy (non-hydrogen) atoms. The molecule has 8 heteroatoms. The maximum absolute atomic E-state index is 12.5. The van der Waals surface area contributed by atoms with E-state index in [4.69, 9.17) is 0 Å². The third-order valence-corrected chi connectivity index (χ3v) is 5.83. The van der Waals surface area contributed by atoms with E-state index in [0.717, 1.165) is 22.5 Å². The topological polar surface area (TPSA) is 84.3 Å². The van der Waals surface area contributed by atoms with Gasteiger partial charge in [0, 0.05) is 29.2 Å². The first-order chi connectivity index (χ1) is 13.3. The summed E-state index contributed by atoms with van der Waals surface area (Å²) in [4.78, 5) is 44.5. The maximum Gasteiger partial charge on any atom is 0.262 e. The first kappa shape index (κ1) is 18.4. The third-order valence-electron chi connectivity index (χ3n) is 4.87. The van der Waals surface area contributed by atoms with E-state index in [1.165, 1.54) is 22.2 Å². The summed E-state index contributed by atoms with van der Waals surface area (Å²) in [5, 5.41) is 3.37. The molecule has 0 saturated heterocycles. The van der Waals surface area contributed by atoms with Crippen molar-refractivity contribution >= 4 is 44.7 Å². The number of rotatable bonds is 3. The SMILES string of the molecule is CC(=O)N1c2ccc(NC(=O)Cn3cnc4sc(C)cc4c3=O)cc2CC1C. The lowest BCUT2D eigenvalue weighted by Crippen LogP contribution is -2.33. The van der Waals surface area contributed by atoms with E-state index in [1.54, 1.807) is 24.0 Å². The van der Waals surface area contributed by atoms with Gasteiger partial charge in [0.25, 0.3) is 5.56 Å². The predicted octanol–water partition coefficient (Wildman–Crippen LogP) is 2.70. The number of hydrogen-bond acceptors (Lipinski definition) is 5. The van der Waals surface area contributed by atoms with E-state index in [0.29, 0.717) is 15.9 Å². The summed E-state index contributed by atoms with van der Waals surface area (Å²) >= 11 is 1.46. The summed E-state index contributed by atoms with van der Waals surface area (Å²) in [5.41, 5.74) is 2.34. The van der Waals surface area contributed by atoms with Crippen molar-refractivity contribution in [1.29, 1.82) is 0 Å². The van der Waals surface area contributed by atoms with Crippen LogP contribution in [0.15, 0.2) is 35.4 Å². The van der Waals surface area contributed by atoms with Gasteiger partial charge in [0.05, 0.1) is 11.7 Å². The van der Waals surface area contributed by atoms with Crippen LogP contribution in [0.4, 0.5) is 11.4 Å². The Morgan fingerprint density at radius 2 is 2.11 bits per heavy atom. The van der Waals surface area contributed by atoms with Crippen molar-refractivity contribution in [2.75, 3.05) is 10.2 Å². The molecule has 1 aliphatic rings. The number of benzene rings is 1. The second kappa shape index (κ2) is 6.87. The van der Waals surface area contributed by atoms with Crippen LogP contribution in [-0.2, 0) is 22.6 Å². The number of fused-ring (bicyclic) bond motifs is 2. The van der Waals surface area contributed by atoms with Crippen LogP contribution in [0.5, 0.6) is 0 Å². The number of hydrogen-bond donors (Lipinski definition) is 1. The van der Waals surface area contributed by atoms with Crippen molar-refractivity contribution in [2.45, 2.75) is 39.8 Å². The molecule has 1 aliphatic heterocycles. The predicted molar refractivity (Wildman–Crippen MR) is 110 cm³/mol. The average molecular weight is 396 g/mol. The molecule has 2 aromatic heterocycles. The van der Waals surface area contributed by atoms with E-state index in [9.17, 15) is 14.4 Å². The molecule has 1 aromatic carbocycles. The Morgan fingerprint density at radius 1 is 1.32 bits per heavy atom. The van der Waals surface area contributed by atoms with Gasteiger partial charge in [-0.05, 0) is 50.1 Å². The van der Waals surface area contributed by atoms with Crippen molar-refractivity contribution < 1.29 is 9.59 Å². The van der Waals surface area contributed by atoms with Gasteiger partial charge >= 0.3 is 0 Å². The van der Waals surface area contributed by atoms with Crippen LogP contribution in [0.1, 0.15) is 24.3 Å². The van der Waals surface area contributed by atoms with Crippen LogP contribution in [-0.4, -0.2) is 27.4 Å². The highest BCUT2D eigenvalue weighted by molar-refractivity contribution is 7.18. The molecule has 1 unspecified atom stereocenters. The molecule has 0 fully saturated rings. The van der Waals surface area contributed by atoms with Gasteiger partial charge in [-0.25, -0.2) is 4.98 Å². The van der Waals surface area contributed by atoms with Gasteiger partial charge in [0.15, 0.2) is 0 Å². The Kier molecular flexibility index (Phi) is 4.50. The lowest BCUT2D eigenvalue weighted by molar-refractivity contribution is -0.117. The van der Waals surface area contributed by atoms with Gasteiger partial charge in [0.1, 0.15) is 11.4 Å². The van der Waals surface area contributed by atoms with Crippen molar-refractivity contribution in [3.8, 4) is 0 Å². The molecule has 0 aliphatic carbocycles. The molecule has 0 spiro atoms. The van der Waals surface area contributed by atoms with Crippen LogP contribution in [0.25, 0.3) is 10.2 Å². The van der Waals surface area contributed by atoms with Crippen LogP contribution >= 0.6 is 11.3 Å². The zero-order chi connectivity index (χ0) is 20.0. The summed E-state index contributed by atoms with van der Waals surface area (Å²) in [6.45, 7) is 5.37. The van der Waals surface area contributed by atoms with Gasteiger partial charge in [0.2, 0.25) is 11.8 Å². The van der Waals surface area contributed by atoms with Crippen molar-refractivity contribution in [2.24, 2.45) is 0 Å². The number of nitrogens with one attached hydrogen (secondary N) is 1. The standard InChI is InChI=1S/C20H20N4O3S/c1-11-6-14-8-15(4-5-17(14)24(11)13(3)25)22-18(26)9-23-10-21-19-16(20(23)27)7-12(2)28-19/h4-5,7-8,10-11H,6,9H2,1-3H3,(H,22,26). The highest BCUT2D eigenvalue weighted by atomic mass is 32.1. The Hall–Kier alpha value is -3.00. The molecule has 144 valence electrons. The maximum atomic E-state index is 12.5. The second-order valence-corrected chi connectivity index (χ2v) is 8.32. The Morgan fingerprint density at radius 3 is 2.86 bits per heavy atom. The molecule has 0 bridgehead atoms. The minimum absolute atomic E-state index is 0.00831. The second-order valence-electron chi connectivity index (χ2n) is 7.09. The van der Waals surface area contributed by atoms with Gasteiger partial charge in [-0.15, -0.1) is 11.3 Å². The Labute approximate surface area is 165 Å². The number of carbonyl (C=O) groups is 2. The summed E-state index contributed by atoms with van der Waals surface area (Å²) in [7, 11) is 0. The normalized spacial score (nSPS) is 15.7. The lowest BCUT2D eigenvalue weighted by Gasteiger charge is -2.20. The number of amides is 2. The van der Waals surface area contributed by atoms with Crippen LogP contribution in [0, 0.1) is 6.92 Å². The van der Waals surface area contributed by atoms with E-state index in [2.05, 4.69) is 10.3 Å². The fourth-order valence-electron chi connectivity index (χ4n) is 3.74. The lowest BCUT2D eigenvalue weighted by atomic mass is 10.1. The molecule has 7 nitrogen and oxygen atoms in total. The molecular formula is C20H20N4O3S. The molecule has 0 saturated carbocycles. The van der Waals surface area contributed by atoms with Crippen LogP contribution in [0.2, 0.25) is 0 Å². The van der Waals surface area contributed by atoms with Crippen molar-refractivity contribution in [3.63, 3.8) is 0 Å². The molecular weight excluding hydrogens is 376 g/mol. The molecule has 0 radical (unpaired) electrons. The molecule has 1 atom stereocenters. The monoisotopic (exact) mass is 396 g/mol. The zero-order valence-corrected chi connectivity index (χ0v) is 16.7. The smallest absolute Gasteiger partial charge is 0.262 e. The number of anilines is 2. The van der Waals surface area contributed by atoms with E-state index >= 15 is 0 Å². The Bertz CT molecular complexity index is 1160. The number of nitrogens with zero attached hydrogens (tertiary/aromatic N) is 3. The van der Waals surface area contributed by atoms with Gasteiger partial charge < -0.3 is 10.2 Å². The number of carbonyl (C=O) groups excluding carboxylic acids is 2. The number of thiophene rings is 1. The third kappa shape index (κ3) is 3.20. The first-order valence-corrected chi connectivity index (χ1v) is 9.83. The van der Waals surface area contributed by atoms with Crippen molar-refractivity contribution in [1.82, 2.24) is 9.55 Å². The number of aromatic nitrogens is 2. The molecule has 1 N–H and O–H groups in total. The number of aryl methyl sites for hydroxylation is 1. The fraction of sp³-hybridized carbons (Fsp3) is 0.300. The fourth-order valence-corrected chi connectivity index (χ4v) is 4.57. The molecule has 4 rings (SSSR count). The van der Waals surface area contributed by atoms with Gasteiger partial charge in [-0.3, -0.25) is 19.0 Å². The van der Waals surface area contributed by atoms with E-state index in [-0.39, 0.29) is 30.0 Å². The largest absolute Gasteiger partial charge is 0.325 e. The first-order valence-electron chi connectivity index (χ1n) is 9.01. The highest BCUT2D eigenvalue weighted by Gasteiger charge is 2.29. The van der Waals surface area contributed by atoms with E-state index in [1.807, 2.05) is 26.0 Å². The summed E-state index contributed by atoms with van der Waals surface area (Å²) < 4.78 is 1.32. The quantitative estimate of drug-likeness (QED) is 0.738. The Balaban J connectivity index is 1.52. The summed E-state index contributed by atoms with van der Waals surface area (Å²) in [6, 6.07) is 7.41. The van der Waals surface area contributed by atoms with Crippen molar-refractivity contribution in [3.05, 3.63) is 51.4 Å². The molecule has 2 amide bonds. The highest BCUT2D eigenvalue weighted by Crippen LogP contribution is 2.34. The molecule has 3 aromatic rings. The minimum atomic E-state index is -0.301. The molecule has 3 heterocycles. The summed E-state index contributed by atoms with van der Waals surface area (Å²) in [6.07, 6.45) is 2.16. The summed E-state index contributed by atoms with van der Waals surface area (Å²) in [5.74, 6) is -0.293. The average Bonchev–Trinajstić information content (AvgIpc) is 3.16. The van der Waals surface area contributed by atoms with Crippen LogP contribution < -0.4 is 15.8 Å². The van der Waals surface area contributed by atoms with E-state index < -0.39 is 0 Å². The van der Waals surface area contributed by atoms with Gasteiger partial charge in [-0.2, -0.15) is 0 Å².